The van der Waals surface area contributed by atoms with Crippen LogP contribution in [0.2, 0.25) is 5.02 Å². The molecule has 0 aliphatic rings. The number of benzene rings is 2. The molecule has 0 bridgehead atoms. The van der Waals surface area contributed by atoms with Gasteiger partial charge in [0.15, 0.2) is 0 Å². The van der Waals surface area contributed by atoms with E-state index in [0.717, 1.165) is 17.2 Å². The maximum atomic E-state index is 12.4. The number of aromatic nitrogens is 1. The second kappa shape index (κ2) is 6.44. The van der Waals surface area contributed by atoms with E-state index in [1.54, 1.807) is 18.2 Å². The molecule has 26 heavy (non-hydrogen) atoms. The van der Waals surface area contributed by atoms with Gasteiger partial charge < -0.3 is 4.18 Å². The third kappa shape index (κ3) is 3.47. The van der Waals surface area contributed by atoms with Crippen molar-refractivity contribution in [1.29, 1.82) is 0 Å². The van der Waals surface area contributed by atoms with E-state index in [1.807, 2.05) is 19.1 Å². The van der Waals surface area contributed by atoms with Crippen molar-refractivity contribution in [3.8, 4) is 17.0 Å². The molecular weight excluding hydrogens is 391 g/mol. The van der Waals surface area contributed by atoms with E-state index >= 15 is 0 Å². The van der Waals surface area contributed by atoms with Crippen molar-refractivity contribution in [3.63, 3.8) is 0 Å². The molecule has 3 aromatic rings. The quantitative estimate of drug-likeness (QED) is 0.453. The van der Waals surface area contributed by atoms with Crippen molar-refractivity contribution >= 4 is 32.6 Å². The van der Waals surface area contributed by atoms with Crippen molar-refractivity contribution in [2.75, 3.05) is 0 Å². The Bertz CT molecular complexity index is 1080. The van der Waals surface area contributed by atoms with Crippen LogP contribution in [0.1, 0.15) is 5.56 Å². The van der Waals surface area contributed by atoms with Crippen LogP contribution in [0.25, 0.3) is 22.2 Å². The molecule has 0 unspecified atom stereocenters. The smallest absolute Gasteiger partial charge is 0.376 e. The van der Waals surface area contributed by atoms with Gasteiger partial charge in [0, 0.05) is 10.9 Å². The van der Waals surface area contributed by atoms with E-state index in [2.05, 4.69) is 9.17 Å². The third-order valence-corrected chi connectivity index (χ3v) is 4.92. The summed E-state index contributed by atoms with van der Waals surface area (Å²) in [5.41, 5.74) is -2.78. The summed E-state index contributed by atoms with van der Waals surface area (Å²) in [7, 11) is -5.72. The van der Waals surface area contributed by atoms with Crippen molar-refractivity contribution in [3.05, 3.63) is 59.1 Å². The van der Waals surface area contributed by atoms with E-state index < -0.39 is 21.4 Å². The molecule has 136 valence electrons. The molecule has 0 radical (unpaired) electrons. The molecule has 0 aliphatic heterocycles. The van der Waals surface area contributed by atoms with E-state index in [9.17, 15) is 21.6 Å². The standard InChI is InChI=1S/C17H11ClF3NO3S/c1-10-3-2-4-13(18)16(10)15-7-5-11-9-12(6-8-14(11)22-15)25-26(23,24)17(19,20)21/h2-9H,1H3. The van der Waals surface area contributed by atoms with E-state index in [0.29, 0.717) is 21.6 Å². The van der Waals surface area contributed by atoms with Gasteiger partial charge in [0.25, 0.3) is 0 Å². The number of aryl methyl sites for hydroxylation is 1. The molecule has 0 amide bonds. The average molecular weight is 402 g/mol. The molecule has 0 fully saturated rings. The molecule has 3 rings (SSSR count). The highest BCUT2D eigenvalue weighted by atomic mass is 35.5. The van der Waals surface area contributed by atoms with Crippen LogP contribution >= 0.6 is 11.6 Å². The SMILES string of the molecule is Cc1cccc(Cl)c1-c1ccc2cc(OS(=O)(=O)C(F)(F)F)ccc2n1. The lowest BCUT2D eigenvalue weighted by Gasteiger charge is -2.11. The van der Waals surface area contributed by atoms with Crippen LogP contribution in [0.3, 0.4) is 0 Å². The number of rotatable bonds is 3. The normalized spacial score (nSPS) is 12.3. The van der Waals surface area contributed by atoms with E-state index in [-0.39, 0.29) is 0 Å². The van der Waals surface area contributed by atoms with Gasteiger partial charge in [-0.1, -0.05) is 29.8 Å². The summed E-state index contributed by atoms with van der Waals surface area (Å²) in [6.45, 7) is 1.88. The molecule has 1 aromatic heterocycles. The fourth-order valence-corrected chi connectivity index (χ4v) is 3.20. The predicted octanol–water partition coefficient (Wildman–Crippen LogP) is 5.09. The predicted molar refractivity (Wildman–Crippen MR) is 92.5 cm³/mol. The lowest BCUT2D eigenvalue weighted by molar-refractivity contribution is -0.0500. The Morgan fingerprint density at radius 3 is 2.46 bits per heavy atom. The number of hydrogen-bond acceptors (Lipinski definition) is 4. The van der Waals surface area contributed by atoms with Gasteiger partial charge in [-0.15, -0.1) is 0 Å². The number of hydrogen-bond donors (Lipinski definition) is 0. The molecule has 0 N–H and O–H groups in total. The number of fused-ring (bicyclic) bond motifs is 1. The van der Waals surface area contributed by atoms with Crippen molar-refractivity contribution < 1.29 is 25.8 Å². The highest BCUT2D eigenvalue weighted by Crippen LogP contribution is 2.32. The van der Waals surface area contributed by atoms with Crippen LogP contribution in [-0.2, 0) is 10.1 Å². The fourth-order valence-electron chi connectivity index (χ4n) is 2.42. The van der Waals surface area contributed by atoms with Crippen LogP contribution in [0.4, 0.5) is 13.2 Å². The molecular formula is C17H11ClF3NO3S. The van der Waals surface area contributed by atoms with E-state index in [4.69, 9.17) is 11.6 Å². The fraction of sp³-hybridized carbons (Fsp3) is 0.118. The Hall–Kier alpha value is -2.32. The summed E-state index contributed by atoms with van der Waals surface area (Å²) < 4.78 is 63.5. The largest absolute Gasteiger partial charge is 0.534 e. The number of nitrogens with zero attached hydrogens (tertiary/aromatic N) is 1. The third-order valence-electron chi connectivity index (χ3n) is 3.63. The zero-order valence-electron chi connectivity index (χ0n) is 13.2. The van der Waals surface area contributed by atoms with Gasteiger partial charge >= 0.3 is 15.6 Å². The molecule has 9 heteroatoms. The first kappa shape index (κ1) is 18.5. The summed E-state index contributed by atoms with van der Waals surface area (Å²) in [4.78, 5) is 4.44. The molecule has 0 atom stereocenters. The summed E-state index contributed by atoms with van der Waals surface area (Å²) in [5, 5.41) is 0.946. The summed E-state index contributed by atoms with van der Waals surface area (Å²) in [6.07, 6.45) is 0. The second-order valence-corrected chi connectivity index (χ2v) is 7.41. The lowest BCUT2D eigenvalue weighted by atomic mass is 10.0. The first-order valence-corrected chi connectivity index (χ1v) is 9.04. The molecule has 0 saturated carbocycles. The van der Waals surface area contributed by atoms with Crippen LogP contribution in [0.15, 0.2) is 48.5 Å². The summed E-state index contributed by atoms with van der Waals surface area (Å²) in [5.74, 6) is -0.446. The van der Waals surface area contributed by atoms with E-state index in [1.165, 1.54) is 12.1 Å². The molecule has 1 heterocycles. The van der Waals surface area contributed by atoms with Crippen LogP contribution in [-0.4, -0.2) is 18.9 Å². The lowest BCUT2D eigenvalue weighted by Crippen LogP contribution is -2.28. The topological polar surface area (TPSA) is 56.3 Å². The number of halogens is 4. The summed E-state index contributed by atoms with van der Waals surface area (Å²) >= 11 is 6.22. The monoisotopic (exact) mass is 401 g/mol. The maximum Gasteiger partial charge on any atom is 0.534 e. The molecule has 4 nitrogen and oxygen atoms in total. The van der Waals surface area contributed by atoms with Gasteiger partial charge in [-0.05, 0) is 42.8 Å². The van der Waals surface area contributed by atoms with Gasteiger partial charge in [0.05, 0.1) is 16.2 Å². The van der Waals surface area contributed by atoms with Gasteiger partial charge in [-0.25, -0.2) is 4.98 Å². The van der Waals surface area contributed by atoms with Gasteiger partial charge in [0.2, 0.25) is 0 Å². The molecule has 0 saturated heterocycles. The summed E-state index contributed by atoms with van der Waals surface area (Å²) in [6, 6.07) is 12.3. The maximum absolute atomic E-state index is 12.4. The Kier molecular flexibility index (Phi) is 4.58. The van der Waals surface area contributed by atoms with Gasteiger partial charge in [-0.2, -0.15) is 21.6 Å². The zero-order chi connectivity index (χ0) is 19.1. The highest BCUT2D eigenvalue weighted by molar-refractivity contribution is 7.88. The Labute approximate surface area is 152 Å². The minimum Gasteiger partial charge on any atom is -0.376 e. The minimum absolute atomic E-state index is 0.424. The van der Waals surface area contributed by atoms with Crippen molar-refractivity contribution in [1.82, 2.24) is 4.98 Å². The zero-order valence-corrected chi connectivity index (χ0v) is 14.8. The average Bonchev–Trinajstić information content (AvgIpc) is 2.53. The Balaban J connectivity index is 2.02. The first-order valence-electron chi connectivity index (χ1n) is 7.25. The molecule has 0 spiro atoms. The molecule has 0 aliphatic carbocycles. The van der Waals surface area contributed by atoms with Crippen LogP contribution in [0.5, 0.6) is 5.75 Å². The van der Waals surface area contributed by atoms with Crippen LogP contribution < -0.4 is 4.18 Å². The second-order valence-electron chi connectivity index (χ2n) is 5.47. The number of pyridine rings is 1. The number of alkyl halides is 3. The van der Waals surface area contributed by atoms with Gasteiger partial charge in [-0.3, -0.25) is 0 Å². The Morgan fingerprint density at radius 1 is 1.08 bits per heavy atom. The Morgan fingerprint density at radius 2 is 1.81 bits per heavy atom. The van der Waals surface area contributed by atoms with Crippen LogP contribution in [0, 0.1) is 6.92 Å². The minimum atomic E-state index is -5.72. The first-order chi connectivity index (χ1) is 12.1. The van der Waals surface area contributed by atoms with Crippen molar-refractivity contribution in [2.24, 2.45) is 0 Å². The van der Waals surface area contributed by atoms with Gasteiger partial charge in [0.1, 0.15) is 5.75 Å². The molecule has 2 aromatic carbocycles. The highest BCUT2D eigenvalue weighted by Gasteiger charge is 2.48. The van der Waals surface area contributed by atoms with Crippen molar-refractivity contribution in [2.45, 2.75) is 12.4 Å².